The van der Waals surface area contributed by atoms with Crippen LogP contribution in [0.4, 0.5) is 5.69 Å². The van der Waals surface area contributed by atoms with Gasteiger partial charge in [0.15, 0.2) is 0 Å². The number of carboxylic acid groups (broad SMARTS) is 1. The smallest absolute Gasteiger partial charge is 0.336 e. The van der Waals surface area contributed by atoms with Crippen molar-refractivity contribution in [3.8, 4) is 12.3 Å². The van der Waals surface area contributed by atoms with Crippen molar-refractivity contribution in [2.24, 2.45) is 0 Å². The van der Waals surface area contributed by atoms with E-state index in [1.165, 1.54) is 0 Å². The van der Waals surface area contributed by atoms with Gasteiger partial charge < -0.3 is 10.4 Å². The Morgan fingerprint density at radius 2 is 1.94 bits per heavy atom. The molecule has 0 spiro atoms. The third kappa shape index (κ3) is 2.28. The summed E-state index contributed by atoms with van der Waals surface area (Å²) in [4.78, 5) is 11.1. The number of hydrogen-bond acceptors (Lipinski definition) is 2. The van der Waals surface area contributed by atoms with Crippen LogP contribution in [0.2, 0.25) is 0 Å². The van der Waals surface area contributed by atoms with Gasteiger partial charge >= 0.3 is 5.97 Å². The molecular weight excluding hydrogens is 226 g/mol. The molecule has 3 nitrogen and oxygen atoms in total. The lowest BCUT2D eigenvalue weighted by atomic mass is 10.0. The minimum atomic E-state index is -0.915. The summed E-state index contributed by atoms with van der Waals surface area (Å²) in [5, 5.41) is 14.0. The first kappa shape index (κ1) is 12.0. The fourth-order valence-electron chi connectivity index (χ4n) is 1.91. The summed E-state index contributed by atoms with van der Waals surface area (Å²) in [6.45, 7) is 0.674. The molecule has 0 atom stereocenters. The first-order valence-electron chi connectivity index (χ1n) is 5.66. The molecule has 0 aliphatic heterocycles. The number of anilines is 1. The van der Waals surface area contributed by atoms with Crippen LogP contribution >= 0.6 is 0 Å². The molecule has 2 aromatic rings. The Hall–Kier alpha value is -2.47. The third-order valence-corrected chi connectivity index (χ3v) is 2.74. The molecule has 0 aliphatic carbocycles. The fraction of sp³-hybridized carbons (Fsp3) is 0.133. The average Bonchev–Trinajstić information content (AvgIpc) is 2.38. The van der Waals surface area contributed by atoms with Crippen molar-refractivity contribution in [1.82, 2.24) is 0 Å². The second-order valence-corrected chi connectivity index (χ2v) is 3.89. The number of aromatic carboxylic acids is 1. The largest absolute Gasteiger partial charge is 0.478 e. The average molecular weight is 239 g/mol. The number of carbonyl (C=O) groups is 1. The Labute approximate surface area is 105 Å². The molecule has 0 saturated carbocycles. The van der Waals surface area contributed by atoms with E-state index < -0.39 is 5.97 Å². The number of nitrogens with one attached hydrogen (secondary N) is 1. The summed E-state index contributed by atoms with van der Waals surface area (Å²) in [6.07, 6.45) is 5.84. The predicted octanol–water partition coefficient (Wildman–Crippen LogP) is 2.97. The standard InChI is InChI=1S/C15H13NO2/c1-2-3-10-16-14-9-8-13(15(17)18)11-6-4-5-7-12(11)14/h1,4-9,16H,3,10H2,(H,17,18). The number of carboxylic acids is 1. The Kier molecular flexibility index (Phi) is 3.49. The topological polar surface area (TPSA) is 49.3 Å². The van der Waals surface area contributed by atoms with E-state index in [0.29, 0.717) is 18.5 Å². The molecule has 0 aromatic heterocycles. The van der Waals surface area contributed by atoms with Gasteiger partial charge in [-0.3, -0.25) is 0 Å². The highest BCUT2D eigenvalue weighted by molar-refractivity contribution is 6.07. The molecule has 0 amide bonds. The van der Waals surface area contributed by atoms with E-state index in [1.807, 2.05) is 24.3 Å². The van der Waals surface area contributed by atoms with E-state index in [2.05, 4.69) is 11.2 Å². The molecule has 0 unspecified atom stereocenters. The highest BCUT2D eigenvalue weighted by Gasteiger charge is 2.10. The summed E-state index contributed by atoms with van der Waals surface area (Å²) in [6, 6.07) is 10.8. The number of fused-ring (bicyclic) bond motifs is 1. The van der Waals surface area contributed by atoms with Gasteiger partial charge in [0.05, 0.1) is 5.56 Å². The van der Waals surface area contributed by atoms with Crippen LogP contribution in [0.1, 0.15) is 16.8 Å². The van der Waals surface area contributed by atoms with Crippen molar-refractivity contribution >= 4 is 22.4 Å². The van der Waals surface area contributed by atoms with Gasteiger partial charge in [0.2, 0.25) is 0 Å². The lowest BCUT2D eigenvalue weighted by molar-refractivity contribution is 0.0699. The first-order valence-corrected chi connectivity index (χ1v) is 5.66. The Balaban J connectivity index is 2.48. The quantitative estimate of drug-likeness (QED) is 0.637. The van der Waals surface area contributed by atoms with E-state index >= 15 is 0 Å². The normalized spacial score (nSPS) is 9.94. The van der Waals surface area contributed by atoms with Crippen LogP contribution in [-0.2, 0) is 0 Å². The van der Waals surface area contributed by atoms with Crippen LogP contribution in [0.3, 0.4) is 0 Å². The monoisotopic (exact) mass is 239 g/mol. The molecular formula is C15H13NO2. The predicted molar refractivity (Wildman–Crippen MR) is 72.8 cm³/mol. The van der Waals surface area contributed by atoms with Crippen molar-refractivity contribution in [3.63, 3.8) is 0 Å². The van der Waals surface area contributed by atoms with Gasteiger partial charge in [0.1, 0.15) is 0 Å². The molecule has 0 radical (unpaired) electrons. The van der Waals surface area contributed by atoms with Gasteiger partial charge in [-0.1, -0.05) is 24.3 Å². The number of benzene rings is 2. The summed E-state index contributed by atoms with van der Waals surface area (Å²) in [5.74, 6) is 1.64. The second kappa shape index (κ2) is 5.24. The zero-order valence-corrected chi connectivity index (χ0v) is 9.81. The molecule has 0 heterocycles. The van der Waals surface area contributed by atoms with E-state index in [4.69, 9.17) is 11.5 Å². The van der Waals surface area contributed by atoms with E-state index in [0.717, 1.165) is 16.5 Å². The highest BCUT2D eigenvalue weighted by Crippen LogP contribution is 2.26. The summed E-state index contributed by atoms with van der Waals surface area (Å²) < 4.78 is 0. The van der Waals surface area contributed by atoms with Gasteiger partial charge in [-0.05, 0) is 17.5 Å². The maximum absolute atomic E-state index is 11.1. The van der Waals surface area contributed by atoms with Crippen LogP contribution in [0.15, 0.2) is 36.4 Å². The Bertz CT molecular complexity index is 626. The number of rotatable bonds is 4. The van der Waals surface area contributed by atoms with Crippen LogP contribution in [0.5, 0.6) is 0 Å². The molecule has 0 aliphatic rings. The summed E-state index contributed by atoms with van der Waals surface area (Å²) >= 11 is 0. The Morgan fingerprint density at radius 1 is 1.22 bits per heavy atom. The molecule has 18 heavy (non-hydrogen) atoms. The zero-order chi connectivity index (χ0) is 13.0. The minimum Gasteiger partial charge on any atom is -0.478 e. The first-order chi connectivity index (χ1) is 8.74. The number of hydrogen-bond donors (Lipinski definition) is 2. The maximum Gasteiger partial charge on any atom is 0.336 e. The molecule has 0 fully saturated rings. The van der Waals surface area contributed by atoms with Gasteiger partial charge in [0.25, 0.3) is 0 Å². The van der Waals surface area contributed by atoms with Crippen LogP contribution in [-0.4, -0.2) is 17.6 Å². The second-order valence-electron chi connectivity index (χ2n) is 3.89. The Morgan fingerprint density at radius 3 is 2.61 bits per heavy atom. The zero-order valence-electron chi connectivity index (χ0n) is 9.81. The minimum absolute atomic E-state index is 0.313. The highest BCUT2D eigenvalue weighted by atomic mass is 16.4. The lowest BCUT2D eigenvalue weighted by Gasteiger charge is -2.10. The molecule has 0 bridgehead atoms. The molecule has 2 aromatic carbocycles. The van der Waals surface area contributed by atoms with Gasteiger partial charge in [-0.25, -0.2) is 4.79 Å². The van der Waals surface area contributed by atoms with Gasteiger partial charge in [-0.2, -0.15) is 0 Å². The van der Waals surface area contributed by atoms with Crippen LogP contribution in [0.25, 0.3) is 10.8 Å². The molecule has 0 saturated heterocycles. The van der Waals surface area contributed by atoms with Gasteiger partial charge in [-0.15, -0.1) is 12.3 Å². The fourth-order valence-corrected chi connectivity index (χ4v) is 1.91. The summed E-state index contributed by atoms with van der Waals surface area (Å²) in [5.41, 5.74) is 1.22. The molecule has 3 heteroatoms. The van der Waals surface area contributed by atoms with Crippen molar-refractivity contribution < 1.29 is 9.90 Å². The third-order valence-electron chi connectivity index (χ3n) is 2.74. The van der Waals surface area contributed by atoms with Crippen molar-refractivity contribution in [2.45, 2.75) is 6.42 Å². The van der Waals surface area contributed by atoms with E-state index in [-0.39, 0.29) is 0 Å². The van der Waals surface area contributed by atoms with Crippen molar-refractivity contribution in [1.29, 1.82) is 0 Å². The van der Waals surface area contributed by atoms with E-state index in [1.54, 1.807) is 12.1 Å². The summed E-state index contributed by atoms with van der Waals surface area (Å²) in [7, 11) is 0. The van der Waals surface area contributed by atoms with Crippen LogP contribution < -0.4 is 5.32 Å². The number of terminal acetylenes is 1. The SMILES string of the molecule is C#CCCNc1ccc(C(=O)O)c2ccccc12. The van der Waals surface area contributed by atoms with Crippen molar-refractivity contribution in [3.05, 3.63) is 42.0 Å². The molecule has 2 N–H and O–H groups in total. The van der Waals surface area contributed by atoms with Crippen molar-refractivity contribution in [2.75, 3.05) is 11.9 Å². The molecule has 2 rings (SSSR count). The molecule has 90 valence electrons. The lowest BCUT2D eigenvalue weighted by Crippen LogP contribution is -2.03. The maximum atomic E-state index is 11.1. The van der Waals surface area contributed by atoms with Crippen LogP contribution in [0, 0.1) is 12.3 Å². The van der Waals surface area contributed by atoms with Gasteiger partial charge in [0, 0.05) is 24.0 Å². The van der Waals surface area contributed by atoms with E-state index in [9.17, 15) is 4.79 Å².